The van der Waals surface area contributed by atoms with Gasteiger partial charge in [-0.25, -0.2) is 8.42 Å². The number of hydrogen-bond acceptors (Lipinski definition) is 4. The lowest BCUT2D eigenvalue weighted by Crippen LogP contribution is -2.54. The van der Waals surface area contributed by atoms with Gasteiger partial charge in [-0.15, -0.1) is 0 Å². The van der Waals surface area contributed by atoms with Crippen molar-refractivity contribution in [1.82, 2.24) is 10.6 Å². The summed E-state index contributed by atoms with van der Waals surface area (Å²) in [5.41, 5.74) is 0.997. The van der Waals surface area contributed by atoms with Crippen molar-refractivity contribution >= 4 is 9.84 Å². The van der Waals surface area contributed by atoms with Crippen molar-refractivity contribution in [2.75, 3.05) is 25.4 Å². The first-order chi connectivity index (χ1) is 8.48. The van der Waals surface area contributed by atoms with E-state index in [2.05, 4.69) is 17.6 Å². The normalized spacial score (nSPS) is 25.0. The van der Waals surface area contributed by atoms with E-state index in [0.717, 1.165) is 25.2 Å². The molecule has 0 aliphatic carbocycles. The summed E-state index contributed by atoms with van der Waals surface area (Å²) < 4.78 is 23.5. The van der Waals surface area contributed by atoms with Crippen LogP contribution in [0.1, 0.15) is 19.4 Å². The van der Waals surface area contributed by atoms with Gasteiger partial charge in [-0.05, 0) is 24.6 Å². The molecule has 4 nitrogen and oxygen atoms in total. The molecule has 1 aromatic rings. The third-order valence-corrected chi connectivity index (χ3v) is 5.28. The second-order valence-electron chi connectivity index (χ2n) is 4.86. The van der Waals surface area contributed by atoms with Crippen molar-refractivity contribution < 1.29 is 8.42 Å². The molecule has 1 aromatic carbocycles. The molecular formula is C13H20N2O2S. The van der Waals surface area contributed by atoms with E-state index in [1.54, 1.807) is 19.1 Å². The number of benzene rings is 1. The van der Waals surface area contributed by atoms with E-state index in [4.69, 9.17) is 0 Å². The summed E-state index contributed by atoms with van der Waals surface area (Å²) in [6.45, 7) is 6.54. The lowest BCUT2D eigenvalue weighted by atomic mass is 9.90. The number of hydrogen-bond donors (Lipinski definition) is 2. The van der Waals surface area contributed by atoms with Gasteiger partial charge in [0.15, 0.2) is 9.84 Å². The van der Waals surface area contributed by atoms with Crippen LogP contribution in [0.2, 0.25) is 0 Å². The molecule has 1 heterocycles. The Balaban J connectivity index is 2.27. The lowest BCUT2D eigenvalue weighted by Gasteiger charge is -2.36. The average molecular weight is 268 g/mol. The van der Waals surface area contributed by atoms with Gasteiger partial charge in [0.2, 0.25) is 0 Å². The Hall–Kier alpha value is -0.910. The molecule has 1 unspecified atom stereocenters. The number of piperazine rings is 1. The Morgan fingerprint density at radius 2 is 1.89 bits per heavy atom. The van der Waals surface area contributed by atoms with Gasteiger partial charge < -0.3 is 10.6 Å². The highest BCUT2D eigenvalue weighted by molar-refractivity contribution is 7.91. The van der Waals surface area contributed by atoms with E-state index in [0.29, 0.717) is 4.90 Å². The predicted octanol–water partition coefficient (Wildman–Crippen LogP) is 0.888. The zero-order chi connectivity index (χ0) is 13.2. The molecule has 0 bridgehead atoms. The van der Waals surface area contributed by atoms with E-state index in [-0.39, 0.29) is 11.3 Å². The van der Waals surface area contributed by atoms with Crippen molar-refractivity contribution in [3.8, 4) is 0 Å². The minimum absolute atomic E-state index is 0.118. The molecule has 1 aliphatic heterocycles. The fourth-order valence-electron chi connectivity index (χ4n) is 2.23. The SMILES string of the molecule is CCS(=O)(=O)c1ccc(C2(C)CNCCN2)cc1. The van der Waals surface area contributed by atoms with Crippen molar-refractivity contribution in [3.63, 3.8) is 0 Å². The van der Waals surface area contributed by atoms with Crippen LogP contribution < -0.4 is 10.6 Å². The van der Waals surface area contributed by atoms with Crippen LogP contribution in [-0.4, -0.2) is 33.8 Å². The molecule has 2 rings (SSSR count). The van der Waals surface area contributed by atoms with Crippen molar-refractivity contribution in [2.45, 2.75) is 24.3 Å². The Bertz CT molecular complexity index is 502. The molecule has 5 heteroatoms. The topological polar surface area (TPSA) is 58.2 Å². The largest absolute Gasteiger partial charge is 0.313 e. The Labute approximate surface area is 109 Å². The minimum atomic E-state index is -3.10. The highest BCUT2D eigenvalue weighted by Gasteiger charge is 2.28. The van der Waals surface area contributed by atoms with Crippen molar-refractivity contribution in [2.24, 2.45) is 0 Å². The maximum atomic E-state index is 11.7. The molecule has 100 valence electrons. The first kappa shape index (κ1) is 13.5. The van der Waals surface area contributed by atoms with Gasteiger partial charge >= 0.3 is 0 Å². The first-order valence-electron chi connectivity index (χ1n) is 6.27. The van der Waals surface area contributed by atoms with E-state index in [1.165, 1.54) is 0 Å². The summed E-state index contributed by atoms with van der Waals surface area (Å²) in [4.78, 5) is 0.404. The second kappa shape index (κ2) is 4.99. The van der Waals surface area contributed by atoms with Gasteiger partial charge in [0.1, 0.15) is 0 Å². The molecule has 1 fully saturated rings. The second-order valence-corrected chi connectivity index (χ2v) is 7.14. The molecule has 2 N–H and O–H groups in total. The summed E-state index contributed by atoms with van der Waals surface area (Å²) in [5.74, 6) is 0.142. The number of rotatable bonds is 3. The molecule has 1 atom stereocenters. The lowest BCUT2D eigenvalue weighted by molar-refractivity contribution is 0.303. The fraction of sp³-hybridized carbons (Fsp3) is 0.538. The van der Waals surface area contributed by atoms with Gasteiger partial charge in [0.05, 0.1) is 16.2 Å². The molecule has 1 aliphatic rings. The van der Waals surface area contributed by atoms with Crippen molar-refractivity contribution in [1.29, 1.82) is 0 Å². The van der Waals surface area contributed by atoms with Crippen LogP contribution >= 0.6 is 0 Å². The van der Waals surface area contributed by atoms with Crippen LogP contribution in [0.3, 0.4) is 0 Å². The molecule has 1 saturated heterocycles. The van der Waals surface area contributed by atoms with Gasteiger partial charge in [0.25, 0.3) is 0 Å². The van der Waals surface area contributed by atoms with E-state index < -0.39 is 9.84 Å². The molecule has 18 heavy (non-hydrogen) atoms. The summed E-state index contributed by atoms with van der Waals surface area (Å²) in [6.07, 6.45) is 0. The van der Waals surface area contributed by atoms with Crippen LogP contribution in [0.15, 0.2) is 29.2 Å². The zero-order valence-corrected chi connectivity index (χ0v) is 11.7. The predicted molar refractivity (Wildman–Crippen MR) is 72.4 cm³/mol. The monoisotopic (exact) mass is 268 g/mol. The number of sulfone groups is 1. The highest BCUT2D eigenvalue weighted by Crippen LogP contribution is 2.23. The Morgan fingerprint density at radius 1 is 1.22 bits per heavy atom. The Morgan fingerprint density at radius 3 is 2.39 bits per heavy atom. The molecule has 0 aromatic heterocycles. The van der Waals surface area contributed by atoms with Crippen LogP contribution in [0.25, 0.3) is 0 Å². The standard InChI is InChI=1S/C13H20N2O2S/c1-3-18(16,17)12-6-4-11(5-7-12)13(2)10-14-8-9-15-13/h4-7,14-15H,3,8-10H2,1-2H3. The molecule has 0 saturated carbocycles. The van der Waals surface area contributed by atoms with Gasteiger partial charge in [-0.2, -0.15) is 0 Å². The fourth-order valence-corrected chi connectivity index (χ4v) is 3.11. The third-order valence-electron chi connectivity index (χ3n) is 3.53. The van der Waals surface area contributed by atoms with Gasteiger partial charge in [-0.3, -0.25) is 0 Å². The summed E-state index contributed by atoms with van der Waals surface area (Å²) in [6, 6.07) is 7.22. The average Bonchev–Trinajstić information content (AvgIpc) is 2.40. The zero-order valence-electron chi connectivity index (χ0n) is 10.9. The van der Waals surface area contributed by atoms with E-state index in [1.807, 2.05) is 12.1 Å². The van der Waals surface area contributed by atoms with Gasteiger partial charge in [0, 0.05) is 19.6 Å². The summed E-state index contributed by atoms with van der Waals surface area (Å²) >= 11 is 0. The minimum Gasteiger partial charge on any atom is -0.313 e. The smallest absolute Gasteiger partial charge is 0.178 e. The quantitative estimate of drug-likeness (QED) is 0.855. The van der Waals surface area contributed by atoms with E-state index >= 15 is 0 Å². The van der Waals surface area contributed by atoms with Crippen LogP contribution in [0, 0.1) is 0 Å². The van der Waals surface area contributed by atoms with Crippen LogP contribution in [0.4, 0.5) is 0 Å². The summed E-state index contributed by atoms with van der Waals surface area (Å²) in [5, 5.41) is 6.82. The van der Waals surface area contributed by atoms with E-state index in [9.17, 15) is 8.42 Å². The first-order valence-corrected chi connectivity index (χ1v) is 7.92. The Kier molecular flexibility index (Phi) is 3.75. The van der Waals surface area contributed by atoms with Crippen molar-refractivity contribution in [3.05, 3.63) is 29.8 Å². The molecular weight excluding hydrogens is 248 g/mol. The molecule has 0 radical (unpaired) electrons. The third kappa shape index (κ3) is 2.58. The number of nitrogens with one attached hydrogen (secondary N) is 2. The molecule has 0 spiro atoms. The van der Waals surface area contributed by atoms with Crippen LogP contribution in [-0.2, 0) is 15.4 Å². The highest BCUT2D eigenvalue weighted by atomic mass is 32.2. The molecule has 0 amide bonds. The van der Waals surface area contributed by atoms with Crippen LogP contribution in [0.5, 0.6) is 0 Å². The summed E-state index contributed by atoms with van der Waals surface area (Å²) in [7, 11) is -3.10. The maximum Gasteiger partial charge on any atom is 0.178 e. The van der Waals surface area contributed by atoms with Gasteiger partial charge in [-0.1, -0.05) is 19.1 Å². The maximum absolute atomic E-state index is 11.7.